The van der Waals surface area contributed by atoms with Crippen molar-refractivity contribution in [3.63, 3.8) is 0 Å². The molecule has 1 aromatic heterocycles. The van der Waals surface area contributed by atoms with Crippen molar-refractivity contribution < 1.29 is 18.0 Å². The van der Waals surface area contributed by atoms with Gasteiger partial charge in [-0.2, -0.15) is 13.2 Å². The van der Waals surface area contributed by atoms with Crippen LogP contribution in [-0.2, 0) is 23.8 Å². The number of halogens is 3. The Morgan fingerprint density at radius 2 is 1.68 bits per heavy atom. The number of hydrogen-bond acceptors (Lipinski definition) is 2. The summed E-state index contributed by atoms with van der Waals surface area (Å²) in [5.41, 5.74) is 2.71. The van der Waals surface area contributed by atoms with Crippen LogP contribution in [0.3, 0.4) is 0 Å². The first kappa shape index (κ1) is 21.1. The summed E-state index contributed by atoms with van der Waals surface area (Å²) in [4.78, 5) is 19.5. The fourth-order valence-electron chi connectivity index (χ4n) is 4.05. The highest BCUT2D eigenvalue weighted by Crippen LogP contribution is 2.32. The number of pyridine rings is 1. The Morgan fingerprint density at radius 1 is 0.935 bits per heavy atom. The SMILES string of the molecule is O=C(Cc1ccccc1)N1CCC[C@@H]1c1cccc(Cc2ccc(C(F)(F)F)cc2)n1. The number of alkyl halides is 3. The van der Waals surface area contributed by atoms with Gasteiger partial charge in [0.25, 0.3) is 0 Å². The lowest BCUT2D eigenvalue weighted by molar-refractivity contribution is -0.137. The molecule has 0 unspecified atom stereocenters. The molecule has 6 heteroatoms. The maximum atomic E-state index is 12.9. The fourth-order valence-corrected chi connectivity index (χ4v) is 4.05. The van der Waals surface area contributed by atoms with Gasteiger partial charge in [0, 0.05) is 18.7 Å². The molecular weight excluding hydrogens is 401 g/mol. The monoisotopic (exact) mass is 424 g/mol. The van der Waals surface area contributed by atoms with Crippen LogP contribution in [0.15, 0.2) is 72.8 Å². The second kappa shape index (κ2) is 8.92. The highest BCUT2D eigenvalue weighted by atomic mass is 19.4. The van der Waals surface area contributed by atoms with Crippen LogP contribution in [0.1, 0.15) is 47.0 Å². The first-order valence-corrected chi connectivity index (χ1v) is 10.4. The molecule has 0 N–H and O–H groups in total. The number of hydrogen-bond donors (Lipinski definition) is 0. The molecule has 0 bridgehead atoms. The maximum Gasteiger partial charge on any atom is 0.416 e. The lowest BCUT2D eigenvalue weighted by Gasteiger charge is -2.25. The van der Waals surface area contributed by atoms with Crippen molar-refractivity contribution in [3.8, 4) is 0 Å². The highest BCUT2D eigenvalue weighted by molar-refractivity contribution is 5.79. The molecule has 1 aliphatic rings. The zero-order chi connectivity index (χ0) is 21.8. The van der Waals surface area contributed by atoms with E-state index < -0.39 is 11.7 Å². The van der Waals surface area contributed by atoms with Crippen LogP contribution in [0, 0.1) is 0 Å². The summed E-state index contributed by atoms with van der Waals surface area (Å²) in [6.45, 7) is 0.709. The lowest BCUT2D eigenvalue weighted by Crippen LogP contribution is -2.32. The molecule has 2 heterocycles. The van der Waals surface area contributed by atoms with Gasteiger partial charge in [-0.15, -0.1) is 0 Å². The molecule has 3 aromatic rings. The Balaban J connectivity index is 1.47. The lowest BCUT2D eigenvalue weighted by atomic mass is 10.0. The first-order chi connectivity index (χ1) is 14.9. The van der Waals surface area contributed by atoms with Crippen LogP contribution in [0.2, 0.25) is 0 Å². The molecule has 31 heavy (non-hydrogen) atoms. The average molecular weight is 424 g/mol. The van der Waals surface area contributed by atoms with Crippen molar-refractivity contribution in [1.82, 2.24) is 9.88 Å². The van der Waals surface area contributed by atoms with E-state index in [9.17, 15) is 18.0 Å². The summed E-state index contributed by atoms with van der Waals surface area (Å²) in [7, 11) is 0. The largest absolute Gasteiger partial charge is 0.416 e. The predicted molar refractivity (Wildman–Crippen MR) is 112 cm³/mol. The van der Waals surface area contributed by atoms with Gasteiger partial charge in [-0.1, -0.05) is 48.5 Å². The van der Waals surface area contributed by atoms with Crippen LogP contribution in [-0.4, -0.2) is 22.3 Å². The van der Waals surface area contributed by atoms with Gasteiger partial charge in [0.05, 0.1) is 23.7 Å². The normalized spacial score (nSPS) is 16.5. The van der Waals surface area contributed by atoms with Crippen molar-refractivity contribution in [3.05, 3.63) is 101 Å². The van der Waals surface area contributed by atoms with Crippen LogP contribution in [0.5, 0.6) is 0 Å². The quantitative estimate of drug-likeness (QED) is 0.534. The molecule has 0 spiro atoms. The highest BCUT2D eigenvalue weighted by Gasteiger charge is 2.31. The van der Waals surface area contributed by atoms with Gasteiger partial charge in [0.2, 0.25) is 5.91 Å². The number of aromatic nitrogens is 1. The number of nitrogens with zero attached hydrogens (tertiary/aromatic N) is 2. The van der Waals surface area contributed by atoms with Gasteiger partial charge < -0.3 is 4.90 Å². The van der Waals surface area contributed by atoms with E-state index in [-0.39, 0.29) is 11.9 Å². The van der Waals surface area contributed by atoms with Crippen molar-refractivity contribution in [2.24, 2.45) is 0 Å². The summed E-state index contributed by atoms with van der Waals surface area (Å²) >= 11 is 0. The number of likely N-dealkylation sites (tertiary alicyclic amines) is 1. The van der Waals surface area contributed by atoms with Gasteiger partial charge in [0.15, 0.2) is 0 Å². The third-order valence-corrected chi connectivity index (χ3v) is 5.61. The molecule has 1 saturated heterocycles. The van der Waals surface area contributed by atoms with E-state index in [1.807, 2.05) is 53.4 Å². The minimum absolute atomic E-state index is 0.0660. The topological polar surface area (TPSA) is 33.2 Å². The van der Waals surface area contributed by atoms with Crippen molar-refractivity contribution in [2.75, 3.05) is 6.54 Å². The van der Waals surface area contributed by atoms with E-state index >= 15 is 0 Å². The second-order valence-electron chi connectivity index (χ2n) is 7.83. The van der Waals surface area contributed by atoms with Crippen LogP contribution in [0.25, 0.3) is 0 Å². The number of rotatable bonds is 5. The molecule has 0 radical (unpaired) electrons. The number of benzene rings is 2. The minimum atomic E-state index is -4.34. The first-order valence-electron chi connectivity index (χ1n) is 10.4. The predicted octanol–water partition coefficient (Wildman–Crippen LogP) is 5.60. The fraction of sp³-hybridized carbons (Fsp3) is 0.280. The van der Waals surface area contributed by atoms with Crippen LogP contribution < -0.4 is 0 Å². The van der Waals surface area contributed by atoms with Crippen molar-refractivity contribution >= 4 is 5.91 Å². The van der Waals surface area contributed by atoms with Crippen LogP contribution >= 0.6 is 0 Å². The molecule has 3 nitrogen and oxygen atoms in total. The van der Waals surface area contributed by atoms with E-state index in [4.69, 9.17) is 4.98 Å². The zero-order valence-electron chi connectivity index (χ0n) is 17.0. The second-order valence-corrected chi connectivity index (χ2v) is 7.83. The van der Waals surface area contributed by atoms with E-state index in [2.05, 4.69) is 0 Å². The summed E-state index contributed by atoms with van der Waals surface area (Å²) in [6, 6.07) is 20.5. The van der Waals surface area contributed by atoms with E-state index in [1.54, 1.807) is 0 Å². The van der Waals surface area contributed by atoms with Crippen molar-refractivity contribution in [1.29, 1.82) is 0 Å². The zero-order valence-corrected chi connectivity index (χ0v) is 17.0. The smallest absolute Gasteiger partial charge is 0.334 e. The van der Waals surface area contributed by atoms with E-state index in [0.29, 0.717) is 19.4 Å². The minimum Gasteiger partial charge on any atom is -0.334 e. The van der Waals surface area contributed by atoms with Gasteiger partial charge >= 0.3 is 6.18 Å². The number of carbonyl (C=O) groups excluding carboxylic acids is 1. The Morgan fingerprint density at radius 3 is 2.39 bits per heavy atom. The van der Waals surface area contributed by atoms with Crippen molar-refractivity contribution in [2.45, 2.75) is 37.9 Å². The molecule has 1 amide bonds. The van der Waals surface area contributed by atoms with Gasteiger partial charge in [-0.3, -0.25) is 9.78 Å². The molecule has 0 saturated carbocycles. The summed E-state index contributed by atoms with van der Waals surface area (Å²) in [6.07, 6.45) is -1.75. The van der Waals surface area contributed by atoms with E-state index in [1.165, 1.54) is 12.1 Å². The summed E-state index contributed by atoms with van der Waals surface area (Å²) < 4.78 is 38.3. The standard InChI is InChI=1S/C25H23F3N2O/c26-25(27,28)20-13-11-19(12-14-20)16-21-8-4-9-22(29-21)23-10-5-15-30(23)24(31)17-18-6-2-1-3-7-18/h1-4,6-9,11-14,23H,5,10,15-17H2/t23-/m1/s1. The Labute approximate surface area is 179 Å². The van der Waals surface area contributed by atoms with Gasteiger partial charge in [-0.05, 0) is 48.2 Å². The third-order valence-electron chi connectivity index (χ3n) is 5.61. The van der Waals surface area contributed by atoms with E-state index in [0.717, 1.165) is 47.5 Å². The Bertz CT molecular complexity index is 1030. The van der Waals surface area contributed by atoms with Crippen LogP contribution in [0.4, 0.5) is 13.2 Å². The van der Waals surface area contributed by atoms with Gasteiger partial charge in [-0.25, -0.2) is 0 Å². The molecular formula is C25H23F3N2O. The number of carbonyl (C=O) groups is 1. The number of amides is 1. The molecule has 160 valence electrons. The molecule has 1 fully saturated rings. The molecule has 0 aliphatic carbocycles. The average Bonchev–Trinajstić information content (AvgIpc) is 3.25. The molecule has 4 rings (SSSR count). The third kappa shape index (κ3) is 5.13. The molecule has 1 atom stereocenters. The maximum absolute atomic E-state index is 12.9. The summed E-state index contributed by atoms with van der Waals surface area (Å²) in [5, 5.41) is 0. The van der Waals surface area contributed by atoms with Gasteiger partial charge in [0.1, 0.15) is 0 Å². The molecule has 1 aliphatic heterocycles. The summed E-state index contributed by atoms with van der Waals surface area (Å²) in [5.74, 6) is 0.0867. The Hall–Kier alpha value is -3.15. The molecule has 2 aromatic carbocycles. The Kier molecular flexibility index (Phi) is 6.07.